The highest BCUT2D eigenvalue weighted by Gasteiger charge is 2.26. The lowest BCUT2D eigenvalue weighted by molar-refractivity contribution is 0.0887. The van der Waals surface area contributed by atoms with Crippen molar-refractivity contribution in [3.05, 3.63) is 69.0 Å². The topological polar surface area (TPSA) is 75.7 Å². The number of nitrogens with zero attached hydrogens (tertiary/aromatic N) is 1. The molecule has 0 spiro atoms. The van der Waals surface area contributed by atoms with E-state index in [9.17, 15) is 9.59 Å². The Morgan fingerprint density at radius 2 is 1.77 bits per heavy atom. The Bertz CT molecular complexity index is 1120. The Morgan fingerprint density at radius 3 is 2.47 bits per heavy atom. The molecule has 3 heterocycles. The summed E-state index contributed by atoms with van der Waals surface area (Å²) in [7, 11) is 0. The van der Waals surface area contributed by atoms with E-state index in [-0.39, 0.29) is 17.2 Å². The zero-order valence-electron chi connectivity index (χ0n) is 17.8. The van der Waals surface area contributed by atoms with Gasteiger partial charge in [-0.15, -0.1) is 0 Å². The molecule has 158 valence electrons. The minimum atomic E-state index is -0.391. The van der Waals surface area contributed by atoms with Gasteiger partial charge in [0, 0.05) is 12.6 Å². The highest BCUT2D eigenvalue weighted by Crippen LogP contribution is 2.26. The molecular weight excluding hydrogens is 380 g/mol. The van der Waals surface area contributed by atoms with Gasteiger partial charge in [-0.3, -0.25) is 14.5 Å². The molecule has 6 heteroatoms. The summed E-state index contributed by atoms with van der Waals surface area (Å²) in [5.74, 6) is 1.34. The third kappa shape index (κ3) is 4.19. The number of furan rings is 1. The van der Waals surface area contributed by atoms with Gasteiger partial charge in [0.2, 0.25) is 0 Å². The summed E-state index contributed by atoms with van der Waals surface area (Å²) in [6, 6.07) is 8.77. The van der Waals surface area contributed by atoms with Gasteiger partial charge >= 0.3 is 0 Å². The number of aryl methyl sites for hydroxylation is 3. The lowest BCUT2D eigenvalue weighted by Gasteiger charge is -2.33. The van der Waals surface area contributed by atoms with E-state index in [1.807, 2.05) is 45.0 Å². The van der Waals surface area contributed by atoms with Crippen molar-refractivity contribution in [3.8, 4) is 0 Å². The standard InChI is InChI=1S/C24H28N2O4/c1-15-11-18-20(27)13-23(30-22(18)12-16(15)2)24(28)25-14-19(21-8-7-17(3)29-21)26-9-5-4-6-10-26/h7-8,11-13,19H,4-6,9-10,14H2,1-3H3,(H,25,28)/t19-/m0/s1. The minimum absolute atomic E-state index is 0.0313. The molecule has 0 bridgehead atoms. The van der Waals surface area contributed by atoms with Gasteiger partial charge in [-0.1, -0.05) is 6.42 Å². The van der Waals surface area contributed by atoms with Gasteiger partial charge in [-0.25, -0.2) is 0 Å². The van der Waals surface area contributed by atoms with Crippen molar-refractivity contribution in [1.29, 1.82) is 0 Å². The van der Waals surface area contributed by atoms with Crippen molar-refractivity contribution >= 4 is 16.9 Å². The molecule has 2 aromatic heterocycles. The van der Waals surface area contributed by atoms with Gasteiger partial charge < -0.3 is 14.2 Å². The average Bonchev–Trinajstić information content (AvgIpc) is 3.16. The number of nitrogens with one attached hydrogen (secondary N) is 1. The molecule has 30 heavy (non-hydrogen) atoms. The third-order valence-electron chi connectivity index (χ3n) is 5.94. The van der Waals surface area contributed by atoms with Gasteiger partial charge in [0.05, 0.1) is 11.4 Å². The minimum Gasteiger partial charge on any atom is -0.465 e. The summed E-state index contributed by atoms with van der Waals surface area (Å²) >= 11 is 0. The molecule has 0 radical (unpaired) electrons. The second-order valence-electron chi connectivity index (χ2n) is 8.18. The number of amides is 1. The Morgan fingerprint density at radius 1 is 1.03 bits per heavy atom. The summed E-state index contributed by atoms with van der Waals surface area (Å²) in [6.45, 7) is 8.17. The van der Waals surface area contributed by atoms with Crippen LogP contribution in [0.4, 0.5) is 0 Å². The number of likely N-dealkylation sites (tertiary alicyclic amines) is 1. The van der Waals surface area contributed by atoms with Crippen LogP contribution in [0.3, 0.4) is 0 Å². The van der Waals surface area contributed by atoms with Gasteiger partial charge in [0.15, 0.2) is 11.2 Å². The highest BCUT2D eigenvalue weighted by atomic mass is 16.3. The van der Waals surface area contributed by atoms with E-state index in [1.54, 1.807) is 0 Å². The molecule has 6 nitrogen and oxygen atoms in total. The molecule has 4 rings (SSSR count). The first kappa shape index (κ1) is 20.4. The molecule has 0 unspecified atom stereocenters. The molecule has 1 aliphatic heterocycles. The molecule has 1 amide bonds. The first-order valence-corrected chi connectivity index (χ1v) is 10.6. The van der Waals surface area contributed by atoms with Crippen LogP contribution in [-0.4, -0.2) is 30.4 Å². The maximum Gasteiger partial charge on any atom is 0.287 e. The Kier molecular flexibility index (Phi) is 5.77. The first-order valence-electron chi connectivity index (χ1n) is 10.6. The summed E-state index contributed by atoms with van der Waals surface area (Å²) in [5, 5.41) is 3.44. The van der Waals surface area contributed by atoms with E-state index < -0.39 is 5.91 Å². The summed E-state index contributed by atoms with van der Waals surface area (Å²) < 4.78 is 11.7. The van der Waals surface area contributed by atoms with Gasteiger partial charge in [0.1, 0.15) is 17.1 Å². The molecule has 1 N–H and O–H groups in total. The fourth-order valence-corrected chi connectivity index (χ4v) is 4.07. The third-order valence-corrected chi connectivity index (χ3v) is 5.94. The normalized spacial score (nSPS) is 16.0. The fraction of sp³-hybridized carbons (Fsp3) is 0.417. The van der Waals surface area contributed by atoms with Gasteiger partial charge in [-0.2, -0.15) is 0 Å². The van der Waals surface area contributed by atoms with E-state index in [0.29, 0.717) is 17.5 Å². The second-order valence-corrected chi connectivity index (χ2v) is 8.18. The molecule has 3 aromatic rings. The van der Waals surface area contributed by atoms with Crippen LogP contribution in [0.15, 0.2) is 44.0 Å². The quantitative estimate of drug-likeness (QED) is 0.682. The number of fused-ring (bicyclic) bond motifs is 1. The molecule has 1 fully saturated rings. The predicted octanol–water partition coefficient (Wildman–Crippen LogP) is 4.27. The molecule has 1 aromatic carbocycles. The number of hydrogen-bond acceptors (Lipinski definition) is 5. The number of piperidine rings is 1. The molecule has 0 saturated carbocycles. The summed E-state index contributed by atoms with van der Waals surface area (Å²) in [5.41, 5.74) is 2.26. The summed E-state index contributed by atoms with van der Waals surface area (Å²) in [6.07, 6.45) is 3.51. The van der Waals surface area contributed by atoms with Crippen LogP contribution in [0.5, 0.6) is 0 Å². The smallest absolute Gasteiger partial charge is 0.287 e. The van der Waals surface area contributed by atoms with E-state index >= 15 is 0 Å². The average molecular weight is 408 g/mol. The van der Waals surface area contributed by atoms with Crippen molar-refractivity contribution < 1.29 is 13.6 Å². The Labute approximate surface area is 175 Å². The number of benzene rings is 1. The first-order chi connectivity index (χ1) is 14.4. The monoisotopic (exact) mass is 408 g/mol. The molecule has 1 saturated heterocycles. The van der Waals surface area contributed by atoms with Crippen LogP contribution in [0.25, 0.3) is 11.0 Å². The van der Waals surface area contributed by atoms with Crippen molar-refractivity contribution in [2.75, 3.05) is 19.6 Å². The number of rotatable bonds is 5. The van der Waals surface area contributed by atoms with Crippen LogP contribution in [-0.2, 0) is 0 Å². The SMILES string of the molecule is Cc1ccc([C@H](CNC(=O)c2cc(=O)c3cc(C)c(C)cc3o2)N2CCCCC2)o1. The molecular formula is C24H28N2O4. The van der Waals surface area contributed by atoms with Crippen molar-refractivity contribution in [2.24, 2.45) is 0 Å². The van der Waals surface area contributed by atoms with Crippen molar-refractivity contribution in [2.45, 2.75) is 46.1 Å². The second kappa shape index (κ2) is 8.48. The van der Waals surface area contributed by atoms with E-state index in [4.69, 9.17) is 8.83 Å². The van der Waals surface area contributed by atoms with Crippen LogP contribution in [0, 0.1) is 20.8 Å². The predicted molar refractivity (Wildman–Crippen MR) is 116 cm³/mol. The van der Waals surface area contributed by atoms with E-state index in [1.165, 1.54) is 12.5 Å². The van der Waals surface area contributed by atoms with Gasteiger partial charge in [-0.05, 0) is 82.1 Å². The lowest BCUT2D eigenvalue weighted by Crippen LogP contribution is -2.40. The van der Waals surface area contributed by atoms with Gasteiger partial charge in [0.25, 0.3) is 5.91 Å². The lowest BCUT2D eigenvalue weighted by atomic mass is 10.1. The number of carbonyl (C=O) groups is 1. The van der Waals surface area contributed by atoms with E-state index in [0.717, 1.165) is 48.6 Å². The maximum absolute atomic E-state index is 12.8. The van der Waals surface area contributed by atoms with Crippen molar-refractivity contribution in [1.82, 2.24) is 10.2 Å². The zero-order chi connectivity index (χ0) is 21.3. The number of carbonyl (C=O) groups excluding carboxylic acids is 1. The Balaban J connectivity index is 1.56. The van der Waals surface area contributed by atoms with Crippen molar-refractivity contribution in [3.63, 3.8) is 0 Å². The highest BCUT2D eigenvalue weighted by molar-refractivity contribution is 5.93. The molecule has 0 aliphatic carbocycles. The Hall–Kier alpha value is -2.86. The number of hydrogen-bond donors (Lipinski definition) is 1. The molecule has 1 atom stereocenters. The fourth-order valence-electron chi connectivity index (χ4n) is 4.07. The van der Waals surface area contributed by atoms with E-state index in [2.05, 4.69) is 10.2 Å². The molecule has 1 aliphatic rings. The van der Waals surface area contributed by atoms with Crippen LogP contribution in [0.2, 0.25) is 0 Å². The zero-order valence-corrected chi connectivity index (χ0v) is 17.8. The van der Waals surface area contributed by atoms with Crippen LogP contribution in [0.1, 0.15) is 58.5 Å². The van der Waals surface area contributed by atoms with Crippen LogP contribution >= 0.6 is 0 Å². The largest absolute Gasteiger partial charge is 0.465 e. The summed E-state index contributed by atoms with van der Waals surface area (Å²) in [4.78, 5) is 27.7. The van der Waals surface area contributed by atoms with Crippen LogP contribution < -0.4 is 10.7 Å². The maximum atomic E-state index is 12.8.